The van der Waals surface area contributed by atoms with Crippen molar-refractivity contribution in [1.82, 2.24) is 5.43 Å². The van der Waals surface area contributed by atoms with Gasteiger partial charge in [-0.05, 0) is 36.2 Å². The van der Waals surface area contributed by atoms with Crippen molar-refractivity contribution in [2.45, 2.75) is 19.8 Å². The predicted octanol–water partition coefficient (Wildman–Crippen LogP) is 2.86. The Balaban J connectivity index is 1.72. The van der Waals surface area contributed by atoms with Crippen molar-refractivity contribution in [3.8, 4) is 0 Å². The molecule has 5 heteroatoms. The monoisotopic (exact) mass is 307 g/mol. The molecule has 0 saturated carbocycles. The van der Waals surface area contributed by atoms with Gasteiger partial charge in [0.05, 0.1) is 5.71 Å². The van der Waals surface area contributed by atoms with Crippen LogP contribution in [0.3, 0.4) is 0 Å². The van der Waals surface area contributed by atoms with Gasteiger partial charge in [-0.3, -0.25) is 9.59 Å². The number of hydrazone groups is 1. The molecular weight excluding hydrogens is 290 g/mol. The number of hydrogen-bond donors (Lipinski definition) is 2. The van der Waals surface area contributed by atoms with Crippen molar-refractivity contribution in [3.05, 3.63) is 65.2 Å². The molecule has 0 aliphatic carbocycles. The molecular formula is C18H17N3O2. The molecule has 0 aromatic heterocycles. The van der Waals surface area contributed by atoms with Gasteiger partial charge in [0.1, 0.15) is 0 Å². The highest BCUT2D eigenvalue weighted by molar-refractivity contribution is 6.06. The SMILES string of the molecule is Cc1ccccc1C(=O)Nc1ccc(C2=NNC(=O)CC2)cc1. The molecule has 1 aliphatic heterocycles. The summed E-state index contributed by atoms with van der Waals surface area (Å²) in [5, 5.41) is 6.95. The van der Waals surface area contributed by atoms with E-state index in [-0.39, 0.29) is 11.8 Å². The van der Waals surface area contributed by atoms with Crippen LogP contribution in [0, 0.1) is 6.92 Å². The van der Waals surface area contributed by atoms with Crippen LogP contribution in [-0.4, -0.2) is 17.5 Å². The van der Waals surface area contributed by atoms with Crippen LogP contribution in [0.4, 0.5) is 5.69 Å². The summed E-state index contributed by atoms with van der Waals surface area (Å²) in [6, 6.07) is 14.9. The quantitative estimate of drug-likeness (QED) is 0.915. The van der Waals surface area contributed by atoms with E-state index in [0.29, 0.717) is 18.4 Å². The van der Waals surface area contributed by atoms with Crippen molar-refractivity contribution in [3.63, 3.8) is 0 Å². The second kappa shape index (κ2) is 6.44. The van der Waals surface area contributed by atoms with Gasteiger partial charge in [-0.1, -0.05) is 30.3 Å². The molecule has 2 amide bonds. The third-order valence-corrected chi connectivity index (χ3v) is 3.77. The Kier molecular flexibility index (Phi) is 4.19. The van der Waals surface area contributed by atoms with E-state index in [4.69, 9.17) is 0 Å². The summed E-state index contributed by atoms with van der Waals surface area (Å²) >= 11 is 0. The second-order valence-electron chi connectivity index (χ2n) is 5.44. The Morgan fingerprint density at radius 1 is 1.09 bits per heavy atom. The molecule has 1 aliphatic rings. The Morgan fingerprint density at radius 2 is 1.83 bits per heavy atom. The first-order chi connectivity index (χ1) is 11.1. The molecule has 0 fully saturated rings. The van der Waals surface area contributed by atoms with E-state index in [0.717, 1.165) is 22.5 Å². The highest BCUT2D eigenvalue weighted by Crippen LogP contribution is 2.16. The zero-order chi connectivity index (χ0) is 16.2. The fraction of sp³-hybridized carbons (Fsp3) is 0.167. The van der Waals surface area contributed by atoms with Crippen molar-refractivity contribution in [2.24, 2.45) is 5.10 Å². The summed E-state index contributed by atoms with van der Waals surface area (Å²) in [6.07, 6.45) is 1.07. The molecule has 0 spiro atoms. The van der Waals surface area contributed by atoms with Gasteiger partial charge in [-0.25, -0.2) is 5.43 Å². The zero-order valence-electron chi connectivity index (χ0n) is 12.8. The van der Waals surface area contributed by atoms with E-state index in [2.05, 4.69) is 15.8 Å². The first-order valence-corrected chi connectivity index (χ1v) is 7.46. The fourth-order valence-electron chi connectivity index (χ4n) is 2.45. The first-order valence-electron chi connectivity index (χ1n) is 7.46. The normalized spacial score (nSPS) is 14.0. The molecule has 116 valence electrons. The molecule has 0 unspecified atom stereocenters. The number of anilines is 1. The number of benzene rings is 2. The van der Waals surface area contributed by atoms with Crippen LogP contribution in [0.2, 0.25) is 0 Å². The number of aryl methyl sites for hydroxylation is 1. The van der Waals surface area contributed by atoms with Crippen molar-refractivity contribution in [2.75, 3.05) is 5.32 Å². The lowest BCUT2D eigenvalue weighted by molar-refractivity contribution is -0.121. The average Bonchev–Trinajstić information content (AvgIpc) is 2.57. The van der Waals surface area contributed by atoms with Gasteiger partial charge in [0.2, 0.25) is 5.91 Å². The molecule has 2 aromatic rings. The molecule has 2 N–H and O–H groups in total. The lowest BCUT2D eigenvalue weighted by atomic mass is 10.0. The van der Waals surface area contributed by atoms with Gasteiger partial charge in [0, 0.05) is 24.1 Å². The Morgan fingerprint density at radius 3 is 2.48 bits per heavy atom. The van der Waals surface area contributed by atoms with Crippen LogP contribution in [0.1, 0.15) is 34.3 Å². The van der Waals surface area contributed by atoms with E-state index in [1.54, 1.807) is 6.07 Å². The van der Waals surface area contributed by atoms with Crippen LogP contribution in [0.25, 0.3) is 0 Å². The van der Waals surface area contributed by atoms with Crippen LogP contribution in [0.5, 0.6) is 0 Å². The van der Waals surface area contributed by atoms with E-state index in [9.17, 15) is 9.59 Å². The molecule has 0 saturated heterocycles. The Hall–Kier alpha value is -2.95. The van der Waals surface area contributed by atoms with Gasteiger partial charge in [-0.2, -0.15) is 5.10 Å². The second-order valence-corrected chi connectivity index (χ2v) is 5.44. The topological polar surface area (TPSA) is 70.6 Å². The number of hydrogen-bond acceptors (Lipinski definition) is 3. The minimum absolute atomic E-state index is 0.0594. The third kappa shape index (κ3) is 3.45. The van der Waals surface area contributed by atoms with Crippen molar-refractivity contribution < 1.29 is 9.59 Å². The standard InChI is InChI=1S/C18H17N3O2/c1-12-4-2-3-5-15(12)18(23)19-14-8-6-13(7-9-14)16-10-11-17(22)21-20-16/h2-9H,10-11H2,1H3,(H,19,23)(H,21,22). The van der Waals surface area contributed by atoms with E-state index < -0.39 is 0 Å². The summed E-state index contributed by atoms with van der Waals surface area (Å²) < 4.78 is 0. The number of carbonyl (C=O) groups excluding carboxylic acids is 2. The largest absolute Gasteiger partial charge is 0.322 e. The predicted molar refractivity (Wildman–Crippen MR) is 89.5 cm³/mol. The molecule has 3 rings (SSSR count). The van der Waals surface area contributed by atoms with Crippen molar-refractivity contribution in [1.29, 1.82) is 0 Å². The minimum Gasteiger partial charge on any atom is -0.322 e. The van der Waals surface area contributed by atoms with Crippen LogP contribution >= 0.6 is 0 Å². The Bertz CT molecular complexity index is 779. The van der Waals surface area contributed by atoms with Gasteiger partial charge < -0.3 is 5.32 Å². The summed E-state index contributed by atoms with van der Waals surface area (Å²) in [4.78, 5) is 23.4. The van der Waals surface area contributed by atoms with Gasteiger partial charge in [0.25, 0.3) is 5.91 Å². The van der Waals surface area contributed by atoms with Crippen LogP contribution in [0.15, 0.2) is 53.6 Å². The minimum atomic E-state index is -0.127. The summed E-state index contributed by atoms with van der Waals surface area (Å²) in [7, 11) is 0. The molecule has 0 bridgehead atoms. The molecule has 1 heterocycles. The van der Waals surface area contributed by atoms with Crippen LogP contribution in [-0.2, 0) is 4.79 Å². The number of rotatable bonds is 3. The summed E-state index contributed by atoms with van der Waals surface area (Å²) in [5.41, 5.74) is 6.60. The lowest BCUT2D eigenvalue weighted by Crippen LogP contribution is -2.25. The number of nitrogens with zero attached hydrogens (tertiary/aromatic N) is 1. The number of amides is 2. The van der Waals surface area contributed by atoms with E-state index in [1.165, 1.54) is 0 Å². The first kappa shape index (κ1) is 15.0. The maximum absolute atomic E-state index is 12.3. The molecule has 0 radical (unpaired) electrons. The van der Waals surface area contributed by atoms with Gasteiger partial charge >= 0.3 is 0 Å². The van der Waals surface area contributed by atoms with Gasteiger partial charge in [0.15, 0.2) is 0 Å². The molecule has 0 atom stereocenters. The molecule has 2 aromatic carbocycles. The fourth-order valence-corrected chi connectivity index (χ4v) is 2.45. The smallest absolute Gasteiger partial charge is 0.255 e. The number of carbonyl (C=O) groups is 2. The highest BCUT2D eigenvalue weighted by Gasteiger charge is 2.13. The molecule has 23 heavy (non-hydrogen) atoms. The Labute approximate surface area is 134 Å². The maximum Gasteiger partial charge on any atom is 0.255 e. The average molecular weight is 307 g/mol. The summed E-state index contributed by atoms with van der Waals surface area (Å²) in [6.45, 7) is 1.91. The lowest BCUT2D eigenvalue weighted by Gasteiger charge is -2.13. The maximum atomic E-state index is 12.3. The van der Waals surface area contributed by atoms with Crippen molar-refractivity contribution >= 4 is 23.2 Å². The van der Waals surface area contributed by atoms with Crippen LogP contribution < -0.4 is 10.7 Å². The van der Waals surface area contributed by atoms with E-state index in [1.807, 2.05) is 49.4 Å². The summed E-state index contributed by atoms with van der Waals surface area (Å²) in [5.74, 6) is -0.186. The number of nitrogens with one attached hydrogen (secondary N) is 2. The van der Waals surface area contributed by atoms with E-state index >= 15 is 0 Å². The third-order valence-electron chi connectivity index (χ3n) is 3.77. The molecule has 5 nitrogen and oxygen atoms in total. The highest BCUT2D eigenvalue weighted by atomic mass is 16.2. The zero-order valence-corrected chi connectivity index (χ0v) is 12.8. The van der Waals surface area contributed by atoms with Gasteiger partial charge in [-0.15, -0.1) is 0 Å².